The van der Waals surface area contributed by atoms with Crippen molar-refractivity contribution in [3.05, 3.63) is 63.4 Å². The lowest BCUT2D eigenvalue weighted by Crippen LogP contribution is -2.24. The maximum Gasteiger partial charge on any atom is 0.126 e. The summed E-state index contributed by atoms with van der Waals surface area (Å²) in [5, 5.41) is 0. The van der Waals surface area contributed by atoms with Crippen LogP contribution in [-0.4, -0.2) is 0 Å². The molecule has 0 radical (unpaired) electrons. The van der Waals surface area contributed by atoms with Crippen molar-refractivity contribution in [3.63, 3.8) is 0 Å². The number of aryl methyl sites for hydroxylation is 1. The van der Waals surface area contributed by atoms with Crippen molar-refractivity contribution in [2.75, 3.05) is 0 Å². The fourth-order valence-electron chi connectivity index (χ4n) is 2.62. The standard InChI is InChI=1S/C16H15BrFNO/c1-9-2-4-11(18)7-12(9)16-8-14(19)13-6-10(17)3-5-15(13)20-16/h2-7,14,16H,8,19H2,1H3/t14-,16?/m0/s1. The minimum atomic E-state index is -0.246. The zero-order valence-electron chi connectivity index (χ0n) is 11.1. The summed E-state index contributed by atoms with van der Waals surface area (Å²) in [5.41, 5.74) is 9.11. The Kier molecular flexibility index (Phi) is 3.52. The van der Waals surface area contributed by atoms with Gasteiger partial charge in [-0.25, -0.2) is 4.39 Å². The van der Waals surface area contributed by atoms with Crippen LogP contribution < -0.4 is 10.5 Å². The summed E-state index contributed by atoms with van der Waals surface area (Å²) >= 11 is 3.44. The van der Waals surface area contributed by atoms with Crippen LogP contribution in [0.25, 0.3) is 0 Å². The van der Waals surface area contributed by atoms with Crippen LogP contribution in [0.1, 0.15) is 35.3 Å². The predicted octanol–water partition coefficient (Wildman–Crippen LogP) is 4.42. The van der Waals surface area contributed by atoms with Gasteiger partial charge in [0.15, 0.2) is 0 Å². The molecule has 0 saturated heterocycles. The first kappa shape index (κ1) is 13.6. The average Bonchev–Trinajstić information content (AvgIpc) is 2.42. The Morgan fingerprint density at radius 3 is 2.80 bits per heavy atom. The van der Waals surface area contributed by atoms with Gasteiger partial charge in [0.1, 0.15) is 17.7 Å². The van der Waals surface area contributed by atoms with Gasteiger partial charge in [0, 0.05) is 22.5 Å². The first-order valence-electron chi connectivity index (χ1n) is 6.52. The van der Waals surface area contributed by atoms with Gasteiger partial charge >= 0.3 is 0 Å². The third kappa shape index (κ3) is 2.45. The van der Waals surface area contributed by atoms with Crippen LogP contribution in [0.4, 0.5) is 4.39 Å². The minimum absolute atomic E-state index is 0.107. The van der Waals surface area contributed by atoms with E-state index in [9.17, 15) is 4.39 Å². The van der Waals surface area contributed by atoms with Crippen molar-refractivity contribution in [2.45, 2.75) is 25.5 Å². The van der Waals surface area contributed by atoms with Gasteiger partial charge in [-0.2, -0.15) is 0 Å². The number of halogens is 2. The van der Waals surface area contributed by atoms with Crippen LogP contribution in [0.3, 0.4) is 0 Å². The maximum absolute atomic E-state index is 13.5. The minimum Gasteiger partial charge on any atom is -0.485 e. The second kappa shape index (κ2) is 5.19. The number of hydrogen-bond donors (Lipinski definition) is 1. The van der Waals surface area contributed by atoms with E-state index in [0.717, 1.165) is 26.9 Å². The molecule has 104 valence electrons. The number of benzene rings is 2. The molecule has 20 heavy (non-hydrogen) atoms. The summed E-state index contributed by atoms with van der Waals surface area (Å²) in [6, 6.07) is 10.5. The maximum atomic E-state index is 13.5. The highest BCUT2D eigenvalue weighted by atomic mass is 79.9. The van der Waals surface area contributed by atoms with Crippen LogP contribution in [0, 0.1) is 12.7 Å². The molecule has 1 aliphatic rings. The molecule has 2 atom stereocenters. The number of hydrogen-bond acceptors (Lipinski definition) is 2. The van der Waals surface area contributed by atoms with Crippen LogP contribution in [0.15, 0.2) is 40.9 Å². The van der Waals surface area contributed by atoms with Crippen molar-refractivity contribution < 1.29 is 9.13 Å². The van der Waals surface area contributed by atoms with E-state index in [1.54, 1.807) is 6.07 Å². The topological polar surface area (TPSA) is 35.2 Å². The zero-order chi connectivity index (χ0) is 14.3. The molecule has 0 bridgehead atoms. The highest BCUT2D eigenvalue weighted by Gasteiger charge is 2.28. The second-order valence-corrected chi connectivity index (χ2v) is 6.05. The third-order valence-electron chi connectivity index (χ3n) is 3.70. The second-order valence-electron chi connectivity index (χ2n) is 5.13. The SMILES string of the molecule is Cc1ccc(F)cc1C1C[C@H](N)c2cc(Br)ccc2O1. The molecule has 1 aliphatic heterocycles. The average molecular weight is 336 g/mol. The van der Waals surface area contributed by atoms with E-state index in [1.165, 1.54) is 12.1 Å². The molecule has 2 aromatic rings. The molecule has 0 amide bonds. The summed E-state index contributed by atoms with van der Waals surface area (Å²) < 4.78 is 20.4. The Bertz CT molecular complexity index is 659. The molecule has 0 saturated carbocycles. The van der Waals surface area contributed by atoms with E-state index in [-0.39, 0.29) is 18.0 Å². The molecule has 0 aromatic heterocycles. The van der Waals surface area contributed by atoms with Crippen LogP contribution in [0.5, 0.6) is 5.75 Å². The fourth-order valence-corrected chi connectivity index (χ4v) is 3.00. The smallest absolute Gasteiger partial charge is 0.126 e. The van der Waals surface area contributed by atoms with Crippen molar-refractivity contribution >= 4 is 15.9 Å². The fraction of sp³-hybridized carbons (Fsp3) is 0.250. The summed E-state index contributed by atoms with van der Waals surface area (Å²) in [4.78, 5) is 0. The van der Waals surface area contributed by atoms with Crippen molar-refractivity contribution in [3.8, 4) is 5.75 Å². The zero-order valence-corrected chi connectivity index (χ0v) is 12.7. The van der Waals surface area contributed by atoms with Gasteiger partial charge in [-0.1, -0.05) is 22.0 Å². The van der Waals surface area contributed by atoms with E-state index in [0.29, 0.717) is 6.42 Å². The number of rotatable bonds is 1. The Morgan fingerprint density at radius 1 is 1.20 bits per heavy atom. The highest BCUT2D eigenvalue weighted by Crippen LogP contribution is 2.41. The van der Waals surface area contributed by atoms with Crippen LogP contribution >= 0.6 is 15.9 Å². The Morgan fingerprint density at radius 2 is 2.00 bits per heavy atom. The summed E-state index contributed by atoms with van der Waals surface area (Å²) in [5.74, 6) is 0.532. The normalized spacial score (nSPS) is 21.2. The van der Waals surface area contributed by atoms with Gasteiger partial charge in [-0.3, -0.25) is 0 Å². The van der Waals surface area contributed by atoms with E-state index < -0.39 is 0 Å². The first-order chi connectivity index (χ1) is 9.54. The molecular weight excluding hydrogens is 321 g/mol. The van der Waals surface area contributed by atoms with E-state index >= 15 is 0 Å². The van der Waals surface area contributed by atoms with Gasteiger partial charge in [-0.15, -0.1) is 0 Å². The Balaban J connectivity index is 1.99. The third-order valence-corrected chi connectivity index (χ3v) is 4.19. The number of ether oxygens (including phenoxy) is 1. The van der Waals surface area contributed by atoms with Gasteiger partial charge in [0.05, 0.1) is 0 Å². The monoisotopic (exact) mass is 335 g/mol. The molecule has 2 N–H and O–H groups in total. The molecule has 0 aliphatic carbocycles. The molecule has 0 fully saturated rings. The first-order valence-corrected chi connectivity index (χ1v) is 7.31. The van der Waals surface area contributed by atoms with E-state index in [4.69, 9.17) is 10.5 Å². The summed E-state index contributed by atoms with van der Waals surface area (Å²) in [6.45, 7) is 1.96. The molecule has 4 heteroatoms. The Hall–Kier alpha value is -1.39. The molecule has 3 rings (SSSR count). The van der Waals surface area contributed by atoms with Crippen molar-refractivity contribution in [1.29, 1.82) is 0 Å². The lowest BCUT2D eigenvalue weighted by molar-refractivity contribution is 0.160. The van der Waals surface area contributed by atoms with Crippen molar-refractivity contribution in [1.82, 2.24) is 0 Å². The number of nitrogens with two attached hydrogens (primary N) is 1. The lowest BCUT2D eigenvalue weighted by atomic mass is 9.92. The Labute approximate surface area is 125 Å². The molecular formula is C16H15BrFNO. The van der Waals surface area contributed by atoms with Crippen LogP contribution in [0.2, 0.25) is 0 Å². The van der Waals surface area contributed by atoms with Gasteiger partial charge in [-0.05, 0) is 48.4 Å². The van der Waals surface area contributed by atoms with E-state index in [2.05, 4.69) is 15.9 Å². The molecule has 2 nitrogen and oxygen atoms in total. The van der Waals surface area contributed by atoms with Crippen LogP contribution in [-0.2, 0) is 0 Å². The molecule has 0 spiro atoms. The quantitative estimate of drug-likeness (QED) is 0.837. The number of fused-ring (bicyclic) bond motifs is 1. The van der Waals surface area contributed by atoms with E-state index in [1.807, 2.05) is 25.1 Å². The largest absolute Gasteiger partial charge is 0.485 e. The molecule has 1 unspecified atom stereocenters. The molecule has 2 aromatic carbocycles. The predicted molar refractivity (Wildman–Crippen MR) is 80.2 cm³/mol. The van der Waals surface area contributed by atoms with Gasteiger partial charge in [0.25, 0.3) is 0 Å². The summed E-state index contributed by atoms with van der Waals surface area (Å²) in [6.07, 6.45) is 0.447. The van der Waals surface area contributed by atoms with Gasteiger partial charge in [0.2, 0.25) is 0 Å². The lowest BCUT2D eigenvalue weighted by Gasteiger charge is -2.31. The highest BCUT2D eigenvalue weighted by molar-refractivity contribution is 9.10. The van der Waals surface area contributed by atoms with Crippen molar-refractivity contribution in [2.24, 2.45) is 5.73 Å². The molecule has 1 heterocycles. The van der Waals surface area contributed by atoms with Gasteiger partial charge < -0.3 is 10.5 Å². The summed E-state index contributed by atoms with van der Waals surface area (Å²) in [7, 11) is 0.